The minimum Gasteiger partial charge on any atom is -0.486 e. The van der Waals surface area contributed by atoms with E-state index in [-0.39, 0.29) is 18.3 Å². The zero-order valence-corrected chi connectivity index (χ0v) is 18.0. The Morgan fingerprint density at radius 2 is 1.67 bits per heavy atom. The molecule has 1 aliphatic heterocycles. The smallest absolute Gasteiger partial charge is 0.262 e. The number of halogens is 1. The van der Waals surface area contributed by atoms with Crippen molar-refractivity contribution in [2.75, 3.05) is 25.1 Å². The molecule has 0 spiro atoms. The molecule has 0 bridgehead atoms. The highest BCUT2D eigenvalue weighted by molar-refractivity contribution is 14.1. The van der Waals surface area contributed by atoms with Crippen LogP contribution in [-0.4, -0.2) is 31.5 Å². The monoisotopic (exact) mass is 515 g/mol. The van der Waals surface area contributed by atoms with Crippen molar-refractivity contribution in [3.8, 4) is 17.2 Å². The number of ketones is 1. The predicted octanol–water partition coefficient (Wildman–Crippen LogP) is 4.31. The van der Waals surface area contributed by atoms with E-state index in [1.165, 1.54) is 0 Å². The molecule has 1 heterocycles. The summed E-state index contributed by atoms with van der Waals surface area (Å²) >= 11 is 2.15. The molecule has 4 rings (SSSR count). The summed E-state index contributed by atoms with van der Waals surface area (Å²) in [7, 11) is 0. The maximum absolute atomic E-state index is 13.2. The molecule has 152 valence electrons. The van der Waals surface area contributed by atoms with Crippen molar-refractivity contribution in [3.05, 3.63) is 81.4 Å². The number of nitrogens with one attached hydrogen (secondary N) is 1. The van der Waals surface area contributed by atoms with Crippen molar-refractivity contribution in [3.63, 3.8) is 0 Å². The molecule has 1 amide bonds. The first-order valence-corrected chi connectivity index (χ1v) is 10.4. The van der Waals surface area contributed by atoms with E-state index in [1.54, 1.807) is 36.4 Å². The van der Waals surface area contributed by atoms with E-state index in [0.717, 1.165) is 3.57 Å². The lowest BCUT2D eigenvalue weighted by Crippen LogP contribution is -2.23. The zero-order chi connectivity index (χ0) is 20.9. The minimum absolute atomic E-state index is 0.185. The molecule has 30 heavy (non-hydrogen) atoms. The van der Waals surface area contributed by atoms with Crippen LogP contribution in [0.3, 0.4) is 0 Å². The van der Waals surface area contributed by atoms with Crippen molar-refractivity contribution >= 4 is 40.0 Å². The number of anilines is 1. The number of para-hydroxylation sites is 1. The van der Waals surface area contributed by atoms with Crippen LogP contribution < -0.4 is 19.5 Å². The Bertz CT molecular complexity index is 1080. The van der Waals surface area contributed by atoms with Gasteiger partial charge in [0, 0.05) is 15.2 Å². The molecule has 0 atom stereocenters. The molecular weight excluding hydrogens is 497 g/mol. The highest BCUT2D eigenvalue weighted by atomic mass is 127. The predicted molar refractivity (Wildman–Crippen MR) is 121 cm³/mol. The van der Waals surface area contributed by atoms with E-state index >= 15 is 0 Å². The van der Waals surface area contributed by atoms with Gasteiger partial charge in [-0.3, -0.25) is 9.59 Å². The molecule has 0 aliphatic carbocycles. The SMILES string of the molecule is O=C(COc1ccccc1)Nc1cc2c(cc1C(=O)c1cccc(I)c1)OCCO2. The van der Waals surface area contributed by atoms with Gasteiger partial charge >= 0.3 is 0 Å². The summed E-state index contributed by atoms with van der Waals surface area (Å²) in [5.41, 5.74) is 1.20. The van der Waals surface area contributed by atoms with Crippen LogP contribution in [0.1, 0.15) is 15.9 Å². The molecule has 6 nitrogen and oxygen atoms in total. The van der Waals surface area contributed by atoms with Gasteiger partial charge in [0.05, 0.1) is 11.3 Å². The Hall–Kier alpha value is -3.07. The van der Waals surface area contributed by atoms with Crippen molar-refractivity contribution in [1.29, 1.82) is 0 Å². The lowest BCUT2D eigenvalue weighted by Gasteiger charge is -2.21. The Labute approximate surface area is 187 Å². The first-order valence-electron chi connectivity index (χ1n) is 9.32. The van der Waals surface area contributed by atoms with E-state index in [0.29, 0.717) is 47.3 Å². The van der Waals surface area contributed by atoms with Crippen LogP contribution in [-0.2, 0) is 4.79 Å². The molecular formula is C23H18INO5. The number of benzene rings is 3. The summed E-state index contributed by atoms with van der Waals surface area (Å²) in [6.07, 6.45) is 0. The second kappa shape index (κ2) is 9.17. The van der Waals surface area contributed by atoms with E-state index in [9.17, 15) is 9.59 Å². The van der Waals surface area contributed by atoms with Crippen molar-refractivity contribution < 1.29 is 23.8 Å². The summed E-state index contributed by atoms with van der Waals surface area (Å²) < 4.78 is 17.7. The van der Waals surface area contributed by atoms with Crippen LogP contribution in [0.15, 0.2) is 66.7 Å². The Morgan fingerprint density at radius 1 is 0.933 bits per heavy atom. The molecule has 0 unspecified atom stereocenters. The summed E-state index contributed by atoms with van der Waals surface area (Å²) in [6, 6.07) is 19.6. The van der Waals surface area contributed by atoms with Gasteiger partial charge in [-0.25, -0.2) is 0 Å². The average Bonchev–Trinajstić information content (AvgIpc) is 2.77. The Balaban J connectivity index is 1.60. The zero-order valence-electron chi connectivity index (χ0n) is 15.9. The normalized spacial score (nSPS) is 12.2. The molecule has 3 aromatic carbocycles. The summed E-state index contributed by atoms with van der Waals surface area (Å²) in [5.74, 6) is 0.954. The van der Waals surface area contributed by atoms with Crippen LogP contribution in [0.5, 0.6) is 17.2 Å². The van der Waals surface area contributed by atoms with Crippen LogP contribution >= 0.6 is 22.6 Å². The van der Waals surface area contributed by atoms with E-state index in [4.69, 9.17) is 14.2 Å². The van der Waals surface area contributed by atoms with Crippen molar-refractivity contribution in [2.24, 2.45) is 0 Å². The number of rotatable bonds is 6. The van der Waals surface area contributed by atoms with E-state index in [2.05, 4.69) is 27.9 Å². The molecule has 3 aromatic rings. The molecule has 1 N–H and O–H groups in total. The van der Waals surface area contributed by atoms with Gasteiger partial charge in [-0.15, -0.1) is 0 Å². The number of carbonyl (C=O) groups excluding carboxylic acids is 2. The highest BCUT2D eigenvalue weighted by Crippen LogP contribution is 2.36. The van der Waals surface area contributed by atoms with Gasteiger partial charge in [0.25, 0.3) is 5.91 Å². The molecule has 1 aliphatic rings. The first-order chi connectivity index (χ1) is 14.6. The quantitative estimate of drug-likeness (QED) is 0.392. The van der Waals surface area contributed by atoms with Crippen LogP contribution in [0.4, 0.5) is 5.69 Å². The van der Waals surface area contributed by atoms with Crippen molar-refractivity contribution in [1.82, 2.24) is 0 Å². The number of ether oxygens (including phenoxy) is 3. The second-order valence-corrected chi connectivity index (χ2v) is 7.78. The lowest BCUT2D eigenvalue weighted by atomic mass is 10.0. The molecule has 7 heteroatoms. The van der Waals surface area contributed by atoms with Gasteiger partial charge in [0.1, 0.15) is 19.0 Å². The third-order valence-electron chi connectivity index (χ3n) is 4.40. The molecule has 0 saturated heterocycles. The van der Waals surface area contributed by atoms with Gasteiger partial charge in [0.15, 0.2) is 23.9 Å². The maximum Gasteiger partial charge on any atom is 0.262 e. The number of carbonyl (C=O) groups is 2. The van der Waals surface area contributed by atoms with E-state index < -0.39 is 0 Å². The van der Waals surface area contributed by atoms with Gasteiger partial charge in [-0.2, -0.15) is 0 Å². The fraction of sp³-hybridized carbons (Fsp3) is 0.130. The first kappa shape index (κ1) is 20.2. The van der Waals surface area contributed by atoms with Gasteiger partial charge in [-0.05, 0) is 52.9 Å². The third-order valence-corrected chi connectivity index (χ3v) is 5.07. The van der Waals surface area contributed by atoms with E-state index in [1.807, 2.05) is 30.3 Å². The molecule has 0 saturated carbocycles. The minimum atomic E-state index is -0.382. The van der Waals surface area contributed by atoms with Crippen molar-refractivity contribution in [2.45, 2.75) is 0 Å². The second-order valence-electron chi connectivity index (χ2n) is 6.53. The topological polar surface area (TPSA) is 73.9 Å². The van der Waals surface area contributed by atoms with Crippen LogP contribution in [0, 0.1) is 3.57 Å². The number of hydrogen-bond acceptors (Lipinski definition) is 5. The lowest BCUT2D eigenvalue weighted by molar-refractivity contribution is -0.118. The van der Waals surface area contributed by atoms with Gasteiger partial charge in [0.2, 0.25) is 0 Å². The largest absolute Gasteiger partial charge is 0.486 e. The fourth-order valence-corrected chi connectivity index (χ4v) is 3.56. The third kappa shape index (κ3) is 4.73. The summed E-state index contributed by atoms with van der Waals surface area (Å²) in [5, 5.41) is 2.77. The molecule has 0 aromatic heterocycles. The summed E-state index contributed by atoms with van der Waals surface area (Å²) in [6.45, 7) is 0.623. The standard InChI is InChI=1S/C23H18INO5/c24-16-6-4-5-15(11-16)23(27)18-12-20-21(29-10-9-28-20)13-19(18)25-22(26)14-30-17-7-2-1-3-8-17/h1-8,11-13H,9-10,14H2,(H,25,26). The Morgan fingerprint density at radius 3 is 2.40 bits per heavy atom. The summed E-state index contributed by atoms with van der Waals surface area (Å²) in [4.78, 5) is 25.7. The van der Waals surface area contributed by atoms with Gasteiger partial charge in [-0.1, -0.05) is 30.3 Å². The molecule has 0 fully saturated rings. The number of hydrogen-bond donors (Lipinski definition) is 1. The maximum atomic E-state index is 13.2. The number of amides is 1. The van der Waals surface area contributed by atoms with Gasteiger partial charge < -0.3 is 19.5 Å². The molecule has 0 radical (unpaired) electrons. The van der Waals surface area contributed by atoms with Crippen LogP contribution in [0.2, 0.25) is 0 Å². The fourth-order valence-electron chi connectivity index (χ4n) is 3.02. The Kier molecular flexibility index (Phi) is 6.18. The highest BCUT2D eigenvalue weighted by Gasteiger charge is 2.22. The van der Waals surface area contributed by atoms with Crippen LogP contribution in [0.25, 0.3) is 0 Å². The number of fused-ring (bicyclic) bond motifs is 1. The average molecular weight is 515 g/mol.